The number of nitrogens with zero attached hydrogens (tertiary/aromatic N) is 2. The zero-order chi connectivity index (χ0) is 25.1. The van der Waals surface area contributed by atoms with Crippen LogP contribution in [0.25, 0.3) is 0 Å². The van der Waals surface area contributed by atoms with Crippen LogP contribution in [0.2, 0.25) is 10.2 Å². The molecule has 0 amide bonds. The summed E-state index contributed by atoms with van der Waals surface area (Å²) in [5.41, 5.74) is -0.434. The summed E-state index contributed by atoms with van der Waals surface area (Å²) in [4.78, 5) is 8.50. The van der Waals surface area contributed by atoms with Gasteiger partial charge in [0.15, 0.2) is 0 Å². The molecule has 0 saturated carbocycles. The molecule has 3 nitrogen and oxygen atoms in total. The average molecular weight is 520 g/mol. The molecule has 35 heavy (non-hydrogen) atoms. The highest BCUT2D eigenvalue weighted by Crippen LogP contribution is 2.38. The molecular formula is C26H19Cl2F4N3. The van der Waals surface area contributed by atoms with Crippen LogP contribution in [0.1, 0.15) is 27.9 Å². The quantitative estimate of drug-likeness (QED) is 0.207. The molecule has 4 rings (SSSR count). The van der Waals surface area contributed by atoms with Crippen LogP contribution in [0.5, 0.6) is 0 Å². The number of benzene rings is 2. The van der Waals surface area contributed by atoms with Crippen LogP contribution < -0.4 is 5.32 Å². The summed E-state index contributed by atoms with van der Waals surface area (Å²) in [5.74, 6) is -1.00. The summed E-state index contributed by atoms with van der Waals surface area (Å²) in [6.45, 7) is 0.194. The molecule has 1 N–H and O–H groups in total. The number of rotatable bonds is 7. The van der Waals surface area contributed by atoms with Crippen molar-refractivity contribution < 1.29 is 17.6 Å². The van der Waals surface area contributed by atoms with Crippen LogP contribution in [0.15, 0.2) is 85.2 Å². The Labute approximate surface area is 209 Å². The van der Waals surface area contributed by atoms with Crippen LogP contribution in [-0.4, -0.2) is 9.97 Å². The Morgan fingerprint density at radius 3 is 2.14 bits per heavy atom. The highest BCUT2D eigenvalue weighted by molar-refractivity contribution is 6.30. The maximum Gasteiger partial charge on any atom is 0.416 e. The van der Waals surface area contributed by atoms with E-state index in [2.05, 4.69) is 15.3 Å². The standard InChI is InChI=1S/C26H19Cl2F4N3/c27-21-7-8-23(33-16-21)25(13-17-4-2-1-3-5-17,35-15-18-6-9-24(28)34-14-18)19-10-20(26(30,31)32)12-22(29)11-19/h1-12,14,16,35H,13,15H2. The Morgan fingerprint density at radius 2 is 1.51 bits per heavy atom. The van der Waals surface area contributed by atoms with Gasteiger partial charge in [-0.05, 0) is 53.1 Å². The summed E-state index contributed by atoms with van der Waals surface area (Å²) in [6.07, 6.45) is -1.58. The van der Waals surface area contributed by atoms with Crippen molar-refractivity contribution in [2.24, 2.45) is 0 Å². The van der Waals surface area contributed by atoms with E-state index in [4.69, 9.17) is 23.2 Å². The Morgan fingerprint density at radius 1 is 0.771 bits per heavy atom. The van der Waals surface area contributed by atoms with E-state index in [-0.39, 0.29) is 18.5 Å². The third kappa shape index (κ3) is 5.99. The lowest BCUT2D eigenvalue weighted by atomic mass is 9.79. The van der Waals surface area contributed by atoms with Gasteiger partial charge in [0.1, 0.15) is 11.0 Å². The summed E-state index contributed by atoms with van der Waals surface area (Å²) >= 11 is 11.9. The predicted octanol–water partition coefficient (Wildman–Crippen LogP) is 7.22. The molecule has 2 aromatic carbocycles. The smallest absolute Gasteiger partial charge is 0.298 e. The Hall–Kier alpha value is -3.00. The second-order valence-electron chi connectivity index (χ2n) is 8.00. The molecule has 1 atom stereocenters. The van der Waals surface area contributed by atoms with Gasteiger partial charge >= 0.3 is 6.18 Å². The molecule has 0 saturated heterocycles. The van der Waals surface area contributed by atoms with Crippen LogP contribution in [0.4, 0.5) is 17.6 Å². The number of pyridine rings is 2. The highest BCUT2D eigenvalue weighted by Gasteiger charge is 2.39. The molecule has 0 bridgehead atoms. The molecule has 2 aromatic heterocycles. The molecule has 0 aliphatic heterocycles. The fourth-order valence-electron chi connectivity index (χ4n) is 3.89. The van der Waals surface area contributed by atoms with Gasteiger partial charge in [-0.2, -0.15) is 13.2 Å². The van der Waals surface area contributed by atoms with Gasteiger partial charge in [-0.25, -0.2) is 9.37 Å². The van der Waals surface area contributed by atoms with E-state index in [0.29, 0.717) is 21.9 Å². The third-order valence-electron chi connectivity index (χ3n) is 5.58. The number of hydrogen-bond acceptors (Lipinski definition) is 3. The fourth-order valence-corrected chi connectivity index (χ4v) is 4.11. The zero-order valence-electron chi connectivity index (χ0n) is 18.2. The third-order valence-corrected chi connectivity index (χ3v) is 6.02. The monoisotopic (exact) mass is 519 g/mol. The second-order valence-corrected chi connectivity index (χ2v) is 8.82. The van der Waals surface area contributed by atoms with Gasteiger partial charge in [-0.15, -0.1) is 0 Å². The molecule has 1 unspecified atom stereocenters. The zero-order valence-corrected chi connectivity index (χ0v) is 19.7. The molecule has 9 heteroatoms. The van der Waals surface area contributed by atoms with E-state index in [0.717, 1.165) is 23.3 Å². The van der Waals surface area contributed by atoms with Gasteiger partial charge in [0, 0.05) is 25.4 Å². The van der Waals surface area contributed by atoms with E-state index in [1.54, 1.807) is 30.5 Å². The molecule has 0 aliphatic carbocycles. The van der Waals surface area contributed by atoms with E-state index < -0.39 is 23.1 Å². The number of hydrogen-bond donors (Lipinski definition) is 1. The molecule has 0 radical (unpaired) electrons. The van der Waals surface area contributed by atoms with Crippen LogP contribution in [0, 0.1) is 5.82 Å². The second kappa shape index (κ2) is 10.3. The van der Waals surface area contributed by atoms with Crippen molar-refractivity contribution >= 4 is 23.2 Å². The Kier molecular flexibility index (Phi) is 7.40. The minimum Gasteiger partial charge on any atom is -0.298 e. The van der Waals surface area contributed by atoms with Gasteiger partial charge in [-0.1, -0.05) is 59.6 Å². The van der Waals surface area contributed by atoms with E-state index in [1.165, 1.54) is 6.20 Å². The van der Waals surface area contributed by atoms with Gasteiger partial charge in [0.2, 0.25) is 0 Å². The van der Waals surface area contributed by atoms with Crippen LogP contribution in [0.3, 0.4) is 0 Å². The lowest BCUT2D eigenvalue weighted by molar-refractivity contribution is -0.137. The fraction of sp³-hybridized carbons (Fsp3) is 0.154. The Bertz CT molecular complexity index is 1280. The topological polar surface area (TPSA) is 37.8 Å². The number of alkyl halides is 3. The SMILES string of the molecule is Fc1cc(C(F)(F)F)cc(C(Cc2ccccc2)(NCc2ccc(Cl)nc2)c2ccc(Cl)cn2)c1. The van der Waals surface area contributed by atoms with Gasteiger partial charge in [0.25, 0.3) is 0 Å². The molecule has 2 heterocycles. The highest BCUT2D eigenvalue weighted by atomic mass is 35.5. The average Bonchev–Trinajstić information content (AvgIpc) is 2.83. The lowest BCUT2D eigenvalue weighted by Crippen LogP contribution is -2.46. The summed E-state index contributed by atoms with van der Waals surface area (Å²) < 4.78 is 55.6. The Balaban J connectivity index is 1.92. The molecule has 180 valence electrons. The van der Waals surface area contributed by atoms with E-state index in [1.807, 2.05) is 30.3 Å². The normalized spacial score (nSPS) is 13.4. The van der Waals surface area contributed by atoms with Crippen molar-refractivity contribution in [2.45, 2.75) is 24.7 Å². The molecule has 0 spiro atoms. The number of aromatic nitrogens is 2. The lowest BCUT2D eigenvalue weighted by Gasteiger charge is -2.36. The summed E-state index contributed by atoms with van der Waals surface area (Å²) in [5, 5.41) is 4.02. The van der Waals surface area contributed by atoms with Crippen molar-refractivity contribution in [3.63, 3.8) is 0 Å². The van der Waals surface area contributed by atoms with Crippen LogP contribution >= 0.6 is 23.2 Å². The minimum absolute atomic E-state index is 0.0745. The predicted molar refractivity (Wildman–Crippen MR) is 128 cm³/mol. The number of halogens is 6. The van der Waals surface area contributed by atoms with Crippen molar-refractivity contribution in [3.8, 4) is 0 Å². The van der Waals surface area contributed by atoms with Gasteiger partial charge in [-0.3, -0.25) is 10.3 Å². The summed E-state index contributed by atoms with van der Waals surface area (Å²) in [6, 6.07) is 18.3. The van der Waals surface area contributed by atoms with Gasteiger partial charge in [0.05, 0.1) is 21.8 Å². The van der Waals surface area contributed by atoms with E-state index >= 15 is 0 Å². The maximum absolute atomic E-state index is 14.6. The first kappa shape index (κ1) is 25.1. The largest absolute Gasteiger partial charge is 0.416 e. The van der Waals surface area contributed by atoms with Crippen molar-refractivity contribution in [1.82, 2.24) is 15.3 Å². The first-order valence-electron chi connectivity index (χ1n) is 10.6. The van der Waals surface area contributed by atoms with E-state index in [9.17, 15) is 17.6 Å². The van der Waals surface area contributed by atoms with Crippen LogP contribution in [-0.2, 0) is 24.7 Å². The number of nitrogens with one attached hydrogen (secondary N) is 1. The molecular weight excluding hydrogens is 501 g/mol. The van der Waals surface area contributed by atoms with Crippen molar-refractivity contribution in [1.29, 1.82) is 0 Å². The van der Waals surface area contributed by atoms with Crippen molar-refractivity contribution in [3.05, 3.63) is 129 Å². The van der Waals surface area contributed by atoms with Gasteiger partial charge < -0.3 is 0 Å². The molecule has 0 fully saturated rings. The first-order chi connectivity index (χ1) is 16.7. The summed E-state index contributed by atoms with van der Waals surface area (Å²) in [7, 11) is 0. The van der Waals surface area contributed by atoms with Crippen molar-refractivity contribution in [2.75, 3.05) is 0 Å². The molecule has 4 aromatic rings. The molecule has 0 aliphatic rings. The first-order valence-corrected chi connectivity index (χ1v) is 11.3. The maximum atomic E-state index is 14.6. The minimum atomic E-state index is -4.73.